The number of aryl methyl sites for hydroxylation is 2. The first-order valence-corrected chi connectivity index (χ1v) is 7.72. The second kappa shape index (κ2) is 5.40. The molecule has 1 unspecified atom stereocenters. The van der Waals surface area contributed by atoms with Gasteiger partial charge in [-0.15, -0.1) is 0 Å². The minimum absolute atomic E-state index is 0.0132. The molecule has 1 aliphatic heterocycles. The fourth-order valence-electron chi connectivity index (χ4n) is 2.75. The zero-order valence-corrected chi connectivity index (χ0v) is 11.9. The van der Waals surface area contributed by atoms with Crippen molar-refractivity contribution in [2.75, 3.05) is 0 Å². The molecule has 5 heteroatoms. The minimum Gasteiger partial charge on any atom is -0.305 e. The van der Waals surface area contributed by atoms with E-state index in [0.29, 0.717) is 5.56 Å². The highest BCUT2D eigenvalue weighted by Gasteiger charge is 2.31. The van der Waals surface area contributed by atoms with Gasteiger partial charge in [-0.25, -0.2) is 0 Å². The van der Waals surface area contributed by atoms with Crippen LogP contribution in [0, 0.1) is 5.41 Å². The number of amidine groups is 1. The van der Waals surface area contributed by atoms with E-state index >= 15 is 0 Å². The van der Waals surface area contributed by atoms with Crippen molar-refractivity contribution in [3.8, 4) is 0 Å². The maximum absolute atomic E-state index is 12.3. The van der Waals surface area contributed by atoms with E-state index in [1.807, 2.05) is 18.2 Å². The van der Waals surface area contributed by atoms with Crippen LogP contribution in [0.5, 0.6) is 0 Å². The first kappa shape index (κ1) is 13.4. The van der Waals surface area contributed by atoms with E-state index in [1.165, 1.54) is 24.0 Å². The van der Waals surface area contributed by atoms with Crippen LogP contribution >= 0.6 is 11.8 Å². The van der Waals surface area contributed by atoms with Crippen molar-refractivity contribution in [3.63, 3.8) is 0 Å². The molecule has 0 radical (unpaired) electrons. The van der Waals surface area contributed by atoms with E-state index in [-0.39, 0.29) is 23.3 Å². The Morgan fingerprint density at radius 1 is 1.30 bits per heavy atom. The summed E-state index contributed by atoms with van der Waals surface area (Å²) in [6.07, 6.45) is 4.71. The fourth-order valence-corrected chi connectivity index (χ4v) is 3.59. The van der Waals surface area contributed by atoms with Crippen molar-refractivity contribution in [2.24, 2.45) is 0 Å². The van der Waals surface area contributed by atoms with Gasteiger partial charge in [-0.05, 0) is 42.9 Å². The van der Waals surface area contributed by atoms with Crippen LogP contribution in [0.2, 0.25) is 0 Å². The zero-order chi connectivity index (χ0) is 14.1. The summed E-state index contributed by atoms with van der Waals surface area (Å²) < 4.78 is 0. The summed E-state index contributed by atoms with van der Waals surface area (Å²) in [6, 6.07) is 5.90. The Balaban J connectivity index is 1.74. The normalized spacial score (nSPS) is 21.5. The van der Waals surface area contributed by atoms with E-state index in [4.69, 9.17) is 5.41 Å². The van der Waals surface area contributed by atoms with E-state index in [2.05, 4.69) is 5.32 Å². The predicted octanol–water partition coefficient (Wildman–Crippen LogP) is 2.30. The smallest absolute Gasteiger partial charge is 0.239 e. The summed E-state index contributed by atoms with van der Waals surface area (Å²) in [5.74, 6) is -0.243. The third-order valence-electron chi connectivity index (χ3n) is 3.83. The van der Waals surface area contributed by atoms with Gasteiger partial charge in [0.1, 0.15) is 0 Å². The van der Waals surface area contributed by atoms with E-state index in [9.17, 15) is 9.59 Å². The Morgan fingerprint density at radius 3 is 2.75 bits per heavy atom. The van der Waals surface area contributed by atoms with Crippen molar-refractivity contribution < 1.29 is 9.59 Å². The molecule has 1 fully saturated rings. The SMILES string of the molecule is N=C1NC(=O)C(CC(=O)c2ccc3c(c2)CCCC3)S1. The van der Waals surface area contributed by atoms with Crippen molar-refractivity contribution in [1.82, 2.24) is 5.32 Å². The van der Waals surface area contributed by atoms with Gasteiger partial charge in [0.05, 0.1) is 5.25 Å². The number of carbonyl (C=O) groups is 2. The average molecular weight is 288 g/mol. The molecule has 0 aromatic heterocycles. The number of amides is 1. The summed E-state index contributed by atoms with van der Waals surface area (Å²) in [5.41, 5.74) is 3.32. The lowest BCUT2D eigenvalue weighted by Crippen LogP contribution is -2.26. The highest BCUT2D eigenvalue weighted by molar-refractivity contribution is 8.15. The topological polar surface area (TPSA) is 70.0 Å². The molecule has 0 bridgehead atoms. The van der Waals surface area contributed by atoms with Crippen molar-refractivity contribution in [3.05, 3.63) is 34.9 Å². The van der Waals surface area contributed by atoms with Crippen LogP contribution in [0.4, 0.5) is 0 Å². The lowest BCUT2D eigenvalue weighted by molar-refractivity contribution is -0.118. The summed E-state index contributed by atoms with van der Waals surface area (Å²) in [5, 5.41) is 9.52. The molecule has 1 atom stereocenters. The summed E-state index contributed by atoms with van der Waals surface area (Å²) in [7, 11) is 0. The van der Waals surface area contributed by atoms with Gasteiger partial charge in [-0.2, -0.15) is 0 Å². The second-order valence-electron chi connectivity index (χ2n) is 5.24. The number of rotatable bonds is 3. The molecule has 3 rings (SSSR count). The molecule has 4 nitrogen and oxygen atoms in total. The Hall–Kier alpha value is -1.62. The molecular weight excluding hydrogens is 272 g/mol. The largest absolute Gasteiger partial charge is 0.305 e. The van der Waals surface area contributed by atoms with Gasteiger partial charge < -0.3 is 5.32 Å². The van der Waals surface area contributed by atoms with Gasteiger partial charge in [0.2, 0.25) is 5.91 Å². The lowest BCUT2D eigenvalue weighted by atomic mass is 9.89. The molecule has 1 heterocycles. The number of benzene rings is 1. The van der Waals surface area contributed by atoms with Crippen LogP contribution in [-0.2, 0) is 17.6 Å². The van der Waals surface area contributed by atoms with Gasteiger partial charge in [0, 0.05) is 12.0 Å². The van der Waals surface area contributed by atoms with Crippen LogP contribution < -0.4 is 5.32 Å². The first-order valence-electron chi connectivity index (χ1n) is 6.84. The number of ketones is 1. The zero-order valence-electron chi connectivity index (χ0n) is 11.1. The molecule has 1 aromatic rings. The first-order chi connectivity index (χ1) is 9.63. The van der Waals surface area contributed by atoms with Crippen molar-refractivity contribution >= 4 is 28.6 Å². The summed E-state index contributed by atoms with van der Waals surface area (Å²) in [6.45, 7) is 0. The van der Waals surface area contributed by atoms with E-state index in [1.54, 1.807) is 0 Å². The molecule has 20 heavy (non-hydrogen) atoms. The molecule has 1 aliphatic carbocycles. The van der Waals surface area contributed by atoms with Crippen LogP contribution in [0.1, 0.15) is 40.7 Å². The number of carbonyl (C=O) groups excluding carboxylic acids is 2. The molecular formula is C15H16N2O2S. The van der Waals surface area contributed by atoms with Crippen molar-refractivity contribution in [2.45, 2.75) is 37.4 Å². The van der Waals surface area contributed by atoms with E-state index < -0.39 is 5.25 Å². The molecule has 1 amide bonds. The quantitative estimate of drug-likeness (QED) is 0.838. The van der Waals surface area contributed by atoms with Crippen LogP contribution in [0.15, 0.2) is 18.2 Å². The molecule has 104 valence electrons. The number of hydrogen-bond donors (Lipinski definition) is 2. The third-order valence-corrected chi connectivity index (χ3v) is 4.83. The maximum atomic E-state index is 12.3. The standard InChI is InChI=1S/C15H16N2O2S/c16-15-17-14(19)13(20-15)8-12(18)11-6-5-9-3-1-2-4-10(9)7-11/h5-7,13H,1-4,8H2,(H2,16,17,19). The Morgan fingerprint density at radius 2 is 2.05 bits per heavy atom. The number of Topliss-reactive ketones (excluding diaryl/α,β-unsaturated/α-hetero) is 1. The number of nitrogens with one attached hydrogen (secondary N) is 2. The van der Waals surface area contributed by atoms with E-state index in [0.717, 1.165) is 24.6 Å². The predicted molar refractivity (Wildman–Crippen MR) is 79.3 cm³/mol. The van der Waals surface area contributed by atoms with Crippen molar-refractivity contribution in [1.29, 1.82) is 5.41 Å². The van der Waals surface area contributed by atoms with Crippen LogP contribution in [0.25, 0.3) is 0 Å². The Labute approximate surface area is 121 Å². The maximum Gasteiger partial charge on any atom is 0.239 e. The lowest BCUT2D eigenvalue weighted by Gasteiger charge is -2.16. The molecule has 2 aliphatic rings. The number of fused-ring (bicyclic) bond motifs is 1. The minimum atomic E-state index is -0.453. The van der Waals surface area contributed by atoms with Gasteiger partial charge in [0.25, 0.3) is 0 Å². The Kier molecular flexibility index (Phi) is 3.61. The van der Waals surface area contributed by atoms with Crippen LogP contribution in [-0.4, -0.2) is 22.1 Å². The van der Waals surface area contributed by atoms with Gasteiger partial charge in [0.15, 0.2) is 11.0 Å². The number of thioether (sulfide) groups is 1. The number of hydrogen-bond acceptors (Lipinski definition) is 4. The monoisotopic (exact) mass is 288 g/mol. The fraction of sp³-hybridized carbons (Fsp3) is 0.400. The molecule has 1 aromatic carbocycles. The molecule has 0 saturated carbocycles. The Bertz CT molecular complexity index is 598. The third kappa shape index (κ3) is 2.63. The molecule has 1 saturated heterocycles. The molecule has 2 N–H and O–H groups in total. The van der Waals surface area contributed by atoms with Crippen LogP contribution in [0.3, 0.4) is 0 Å². The summed E-state index contributed by atoms with van der Waals surface area (Å²) in [4.78, 5) is 23.8. The summed E-state index contributed by atoms with van der Waals surface area (Å²) >= 11 is 1.13. The average Bonchev–Trinajstić information content (AvgIpc) is 2.76. The van der Waals surface area contributed by atoms with Gasteiger partial charge in [-0.3, -0.25) is 15.0 Å². The highest BCUT2D eigenvalue weighted by Crippen LogP contribution is 2.26. The van der Waals surface area contributed by atoms with Gasteiger partial charge in [-0.1, -0.05) is 23.9 Å². The van der Waals surface area contributed by atoms with Gasteiger partial charge >= 0.3 is 0 Å². The highest BCUT2D eigenvalue weighted by atomic mass is 32.2. The second-order valence-corrected chi connectivity index (χ2v) is 6.46. The molecule has 0 spiro atoms.